The zero-order valence-corrected chi connectivity index (χ0v) is 37.3. The van der Waals surface area contributed by atoms with E-state index < -0.39 is 19.5 Å². The summed E-state index contributed by atoms with van der Waals surface area (Å²) >= 11 is 0. The van der Waals surface area contributed by atoms with Crippen LogP contribution in [0.25, 0.3) is 33.1 Å². The summed E-state index contributed by atoms with van der Waals surface area (Å²) in [6.45, 7) is 31.1. The molecule has 4 fully saturated rings. The predicted octanol–water partition coefficient (Wildman–Crippen LogP) is 9.81. The van der Waals surface area contributed by atoms with E-state index in [1.165, 1.54) is 0 Å². The molecule has 0 aliphatic carbocycles. The number of H-pyrrole nitrogens is 1. The van der Waals surface area contributed by atoms with Crippen LogP contribution in [-0.4, -0.2) is 100 Å². The minimum absolute atomic E-state index is 0.0672. The Bertz CT molecular complexity index is 2350. The van der Waals surface area contributed by atoms with E-state index >= 15 is 4.39 Å². The van der Waals surface area contributed by atoms with Gasteiger partial charge in [0, 0.05) is 48.1 Å². The maximum absolute atomic E-state index is 17.5. The number of aromatic amines is 1. The fourth-order valence-corrected chi connectivity index (χ4v) is 16.2. The molecule has 0 saturated carbocycles. The molecule has 1 amide bonds. The second-order valence-corrected chi connectivity index (χ2v) is 25.1. The molecule has 8 rings (SSSR count). The fourth-order valence-electron chi connectivity index (χ4n) is 10.9. The van der Waals surface area contributed by atoms with Gasteiger partial charge in [-0.25, -0.2) is 9.18 Å². The summed E-state index contributed by atoms with van der Waals surface area (Å²) in [5, 5.41) is 9.25. The Labute approximate surface area is 349 Å². The van der Waals surface area contributed by atoms with Crippen molar-refractivity contribution >= 4 is 41.8 Å². The average molecular weight is 818 g/mol. The first-order valence-corrected chi connectivity index (χ1v) is 23.6. The quantitative estimate of drug-likeness (QED) is 0.107. The Hall–Kier alpha value is -4.73. The lowest BCUT2D eigenvalue weighted by Gasteiger charge is -2.42. The molecular weight excluding hydrogens is 758 g/mol. The van der Waals surface area contributed by atoms with Gasteiger partial charge in [-0.1, -0.05) is 77.8 Å². The number of carbonyl (C=O) groups excluding carboxylic acids is 1. The second-order valence-electron chi connectivity index (χ2n) is 19.5. The van der Waals surface area contributed by atoms with Crippen molar-refractivity contribution in [2.45, 2.75) is 128 Å². The van der Waals surface area contributed by atoms with Gasteiger partial charge in [0.15, 0.2) is 5.82 Å². The van der Waals surface area contributed by atoms with Crippen molar-refractivity contribution in [3.63, 3.8) is 0 Å². The highest BCUT2D eigenvalue weighted by Gasteiger charge is 2.49. The van der Waals surface area contributed by atoms with Crippen LogP contribution in [0.5, 0.6) is 6.01 Å². The highest BCUT2D eigenvalue weighted by molar-refractivity contribution is 6.90. The lowest BCUT2D eigenvalue weighted by molar-refractivity contribution is 0.0122. The fraction of sp³-hybridized carbons (Fsp3) is 0.532. The largest absolute Gasteiger partial charge is 0.461 e. The standard InChI is InChI=1S/C47H60FN7O3Si/c1-28(2)59(29(3)4,30(5)6)20-19-33-13-12-14-38-39(33)41(52-51-38)36-17-18-37-42(40(36)48)49-44(57-27-47-21-31(7)23-54(47)24-32(8)22-47)50-43(37)53-25-34-15-16-35(26-53)55(34)45(56)58-46(9,10)11/h12-14,17-18,28-30,34-35H,7-8,15-16,21-27H2,1-6,9-11H3,(H,51,52)/t34-,35+. The maximum Gasteiger partial charge on any atom is 0.410 e. The highest BCUT2D eigenvalue weighted by Crippen LogP contribution is 2.45. The molecule has 1 N–H and O–H groups in total. The third-order valence-electron chi connectivity index (χ3n) is 13.4. The summed E-state index contributed by atoms with van der Waals surface area (Å²) in [4.78, 5) is 29.7. The molecule has 0 unspecified atom stereocenters. The van der Waals surface area contributed by atoms with Gasteiger partial charge in [0.1, 0.15) is 37.3 Å². The summed E-state index contributed by atoms with van der Waals surface area (Å²) < 4.78 is 29.9. The molecule has 2 bridgehead atoms. The molecule has 59 heavy (non-hydrogen) atoms. The number of carbonyl (C=O) groups is 1. The number of aromatic nitrogens is 4. The summed E-state index contributed by atoms with van der Waals surface area (Å²) in [7, 11) is -2.05. The van der Waals surface area contributed by atoms with Crippen LogP contribution in [0.3, 0.4) is 0 Å². The van der Waals surface area contributed by atoms with E-state index in [4.69, 9.17) is 24.5 Å². The van der Waals surface area contributed by atoms with Crippen LogP contribution in [0.4, 0.5) is 15.0 Å². The Morgan fingerprint density at radius 1 is 0.983 bits per heavy atom. The summed E-state index contributed by atoms with van der Waals surface area (Å²) in [5.74, 6) is 3.71. The number of rotatable bonds is 8. The third-order valence-corrected chi connectivity index (χ3v) is 19.7. The molecule has 0 spiro atoms. The number of hydrogen-bond acceptors (Lipinski definition) is 8. The van der Waals surface area contributed by atoms with E-state index in [0.717, 1.165) is 66.4 Å². The first-order chi connectivity index (χ1) is 27.9. The van der Waals surface area contributed by atoms with Crippen LogP contribution in [0.2, 0.25) is 16.6 Å². The van der Waals surface area contributed by atoms with Crippen molar-refractivity contribution in [1.82, 2.24) is 30.0 Å². The van der Waals surface area contributed by atoms with Gasteiger partial charge in [-0.2, -0.15) is 15.1 Å². The number of piperazine rings is 1. The van der Waals surface area contributed by atoms with Crippen molar-refractivity contribution < 1.29 is 18.7 Å². The molecular formula is C47H60FN7O3Si. The normalized spacial score (nSPS) is 20.7. The highest BCUT2D eigenvalue weighted by atomic mass is 28.3. The molecule has 4 aliphatic rings. The van der Waals surface area contributed by atoms with E-state index in [9.17, 15) is 4.79 Å². The van der Waals surface area contributed by atoms with E-state index in [1.807, 2.05) is 49.9 Å². The third kappa shape index (κ3) is 7.22. The van der Waals surface area contributed by atoms with E-state index in [2.05, 4.69) is 81.1 Å². The van der Waals surface area contributed by atoms with Crippen LogP contribution in [0.15, 0.2) is 54.6 Å². The van der Waals surface area contributed by atoms with Crippen LogP contribution < -0.4 is 9.64 Å². The van der Waals surface area contributed by atoms with Crippen molar-refractivity contribution in [2.24, 2.45) is 0 Å². The smallest absolute Gasteiger partial charge is 0.410 e. The second kappa shape index (κ2) is 15.1. The van der Waals surface area contributed by atoms with Gasteiger partial charge in [-0.05, 0) is 87.3 Å². The molecule has 12 heteroatoms. The number of fused-ring (bicyclic) bond motifs is 5. The lowest BCUT2D eigenvalue weighted by atomic mass is 9.92. The SMILES string of the molecule is C=C1CN2CC(=C)CC2(COc2nc(N3C[C@H]4CC[C@@H](C3)N4C(=O)OC(C)(C)C)c3ccc(-c4n[nH]c5cccc(C#C[Si](C(C)C)(C(C)C)C(C)C)c45)c(F)c3n2)C1. The van der Waals surface area contributed by atoms with Crippen LogP contribution in [0.1, 0.15) is 93.6 Å². The number of benzene rings is 2. The minimum atomic E-state index is -2.05. The molecule has 4 aromatic rings. The number of amides is 1. The Balaban J connectivity index is 1.22. The average Bonchev–Trinajstić information content (AvgIpc) is 3.87. The molecule has 312 valence electrons. The molecule has 0 radical (unpaired) electrons. The zero-order chi connectivity index (χ0) is 42.2. The lowest BCUT2D eigenvalue weighted by Crippen LogP contribution is -2.57. The molecule has 4 aliphatic heterocycles. The Kier molecular flexibility index (Phi) is 10.5. The number of hydrogen-bond donors (Lipinski definition) is 1. The number of nitrogens with one attached hydrogen (secondary N) is 1. The minimum Gasteiger partial charge on any atom is -0.461 e. The topological polar surface area (TPSA) is 99.7 Å². The van der Waals surface area contributed by atoms with E-state index in [-0.39, 0.29) is 35.2 Å². The monoisotopic (exact) mass is 817 g/mol. The van der Waals surface area contributed by atoms with Crippen LogP contribution in [-0.2, 0) is 4.74 Å². The van der Waals surface area contributed by atoms with Gasteiger partial charge in [0.05, 0.1) is 23.1 Å². The first-order valence-electron chi connectivity index (χ1n) is 21.4. The van der Waals surface area contributed by atoms with E-state index in [0.29, 0.717) is 58.8 Å². The maximum atomic E-state index is 17.5. The molecule has 6 heterocycles. The molecule has 10 nitrogen and oxygen atoms in total. The summed E-state index contributed by atoms with van der Waals surface area (Å²) in [5.41, 5.74) is 9.33. The van der Waals surface area contributed by atoms with Gasteiger partial charge in [-0.3, -0.25) is 14.9 Å². The molecule has 4 saturated heterocycles. The zero-order valence-electron chi connectivity index (χ0n) is 36.3. The van der Waals surface area contributed by atoms with Gasteiger partial charge in [0.2, 0.25) is 0 Å². The van der Waals surface area contributed by atoms with Crippen molar-refractivity contribution in [2.75, 3.05) is 37.7 Å². The number of ether oxygens (including phenoxy) is 2. The predicted molar refractivity (Wildman–Crippen MR) is 237 cm³/mol. The summed E-state index contributed by atoms with van der Waals surface area (Å²) in [6, 6.07) is 9.63. The van der Waals surface area contributed by atoms with Crippen LogP contribution >= 0.6 is 0 Å². The van der Waals surface area contributed by atoms with Crippen molar-refractivity contribution in [3.8, 4) is 28.7 Å². The van der Waals surface area contributed by atoms with Gasteiger partial charge >= 0.3 is 12.1 Å². The molecule has 2 aromatic carbocycles. The van der Waals surface area contributed by atoms with Crippen molar-refractivity contribution in [1.29, 1.82) is 0 Å². The first kappa shape index (κ1) is 41.0. The van der Waals surface area contributed by atoms with E-state index in [1.54, 1.807) is 6.07 Å². The number of nitrogens with zero attached hydrogens (tertiary/aromatic N) is 6. The number of halogens is 1. The van der Waals surface area contributed by atoms with Crippen molar-refractivity contribution in [3.05, 3.63) is 66.0 Å². The van der Waals surface area contributed by atoms with Gasteiger partial charge in [0.25, 0.3) is 0 Å². The number of anilines is 1. The van der Waals surface area contributed by atoms with Gasteiger partial charge < -0.3 is 14.4 Å². The van der Waals surface area contributed by atoms with Gasteiger partial charge in [-0.15, -0.1) is 5.54 Å². The Morgan fingerprint density at radius 2 is 1.63 bits per heavy atom. The van der Waals surface area contributed by atoms with Crippen LogP contribution in [0, 0.1) is 17.3 Å². The molecule has 2 atom stereocenters. The summed E-state index contributed by atoms with van der Waals surface area (Å²) in [6.07, 6.45) is 3.01. The molecule has 2 aromatic heterocycles. The Morgan fingerprint density at radius 3 is 2.24 bits per heavy atom.